The summed E-state index contributed by atoms with van der Waals surface area (Å²) < 4.78 is 26.0. The maximum atomic E-state index is 13.6. The van der Waals surface area contributed by atoms with E-state index in [1.807, 2.05) is 35.0 Å². The van der Waals surface area contributed by atoms with Crippen LogP contribution in [0.2, 0.25) is 0 Å². The molecule has 1 atom stereocenters. The van der Waals surface area contributed by atoms with Crippen molar-refractivity contribution in [3.05, 3.63) is 84.6 Å². The highest BCUT2D eigenvalue weighted by Gasteiger charge is 2.18. The topological polar surface area (TPSA) is 91.2 Å². The van der Waals surface area contributed by atoms with E-state index in [0.717, 1.165) is 22.2 Å². The minimum Gasteiger partial charge on any atom is -0.478 e. The molecule has 0 spiro atoms. The number of halogens is 1. The van der Waals surface area contributed by atoms with E-state index in [-0.39, 0.29) is 5.82 Å². The molecular formula is C26H22FN5O3. The van der Waals surface area contributed by atoms with Gasteiger partial charge in [0.15, 0.2) is 6.10 Å². The fraction of sp³-hybridized carbons (Fsp3) is 0.154. The second kappa shape index (κ2) is 9.38. The third kappa shape index (κ3) is 4.61. The van der Waals surface area contributed by atoms with Crippen LogP contribution in [0.25, 0.3) is 21.8 Å². The van der Waals surface area contributed by atoms with Gasteiger partial charge in [0.2, 0.25) is 0 Å². The van der Waals surface area contributed by atoms with Crippen molar-refractivity contribution in [3.8, 4) is 5.75 Å². The molecule has 0 saturated heterocycles. The minimum absolute atomic E-state index is 0.271. The number of ether oxygens (including phenoxy) is 2. The number of carbonyl (C=O) groups excluding carboxylic acids is 1. The first-order valence-corrected chi connectivity index (χ1v) is 11.0. The van der Waals surface area contributed by atoms with Crippen LogP contribution < -0.4 is 10.1 Å². The molecule has 0 unspecified atom stereocenters. The number of hydrogen-bond acceptors (Lipinski definition) is 7. The SMILES string of the molecule is COC(=O)[C@@H](C)Oc1cccc2ncnc(Nc3ccc4c(cnn4Cc4cccc(F)c4)c3)c12. The highest BCUT2D eigenvalue weighted by molar-refractivity contribution is 5.96. The maximum Gasteiger partial charge on any atom is 0.346 e. The Morgan fingerprint density at radius 1 is 1.11 bits per heavy atom. The lowest BCUT2D eigenvalue weighted by molar-refractivity contribution is -0.147. The van der Waals surface area contributed by atoms with E-state index in [4.69, 9.17) is 9.47 Å². The number of carbonyl (C=O) groups is 1. The van der Waals surface area contributed by atoms with Gasteiger partial charge in [0.25, 0.3) is 0 Å². The van der Waals surface area contributed by atoms with Crippen LogP contribution in [0.1, 0.15) is 12.5 Å². The molecule has 176 valence electrons. The summed E-state index contributed by atoms with van der Waals surface area (Å²) in [5, 5.41) is 9.36. The van der Waals surface area contributed by atoms with E-state index in [9.17, 15) is 9.18 Å². The van der Waals surface area contributed by atoms with E-state index < -0.39 is 12.1 Å². The first-order valence-electron chi connectivity index (χ1n) is 11.0. The summed E-state index contributed by atoms with van der Waals surface area (Å²) in [7, 11) is 1.32. The molecule has 3 aromatic carbocycles. The van der Waals surface area contributed by atoms with Crippen molar-refractivity contribution in [1.29, 1.82) is 0 Å². The zero-order chi connectivity index (χ0) is 24.4. The highest BCUT2D eigenvalue weighted by Crippen LogP contribution is 2.33. The fourth-order valence-electron chi connectivity index (χ4n) is 3.91. The van der Waals surface area contributed by atoms with E-state index >= 15 is 0 Å². The second-order valence-electron chi connectivity index (χ2n) is 7.99. The van der Waals surface area contributed by atoms with Crippen molar-refractivity contribution in [3.63, 3.8) is 0 Å². The van der Waals surface area contributed by atoms with E-state index in [2.05, 4.69) is 20.4 Å². The van der Waals surface area contributed by atoms with Gasteiger partial charge in [0, 0.05) is 11.1 Å². The lowest BCUT2D eigenvalue weighted by Crippen LogP contribution is -2.25. The Balaban J connectivity index is 1.45. The lowest BCUT2D eigenvalue weighted by atomic mass is 10.2. The number of aromatic nitrogens is 4. The average Bonchev–Trinajstić information content (AvgIpc) is 3.25. The molecule has 5 aromatic rings. The third-order valence-corrected chi connectivity index (χ3v) is 5.59. The van der Waals surface area contributed by atoms with Crippen LogP contribution in [0.3, 0.4) is 0 Å². The van der Waals surface area contributed by atoms with Crippen LogP contribution in [0.5, 0.6) is 5.75 Å². The molecular weight excluding hydrogens is 449 g/mol. The van der Waals surface area contributed by atoms with Crippen LogP contribution >= 0.6 is 0 Å². The first kappa shape index (κ1) is 22.3. The lowest BCUT2D eigenvalue weighted by Gasteiger charge is -2.16. The maximum absolute atomic E-state index is 13.6. The molecule has 35 heavy (non-hydrogen) atoms. The first-order chi connectivity index (χ1) is 17.0. The second-order valence-corrected chi connectivity index (χ2v) is 7.99. The molecule has 0 fully saturated rings. The van der Waals surface area contributed by atoms with Gasteiger partial charge in [-0.3, -0.25) is 4.68 Å². The number of nitrogens with one attached hydrogen (secondary N) is 1. The van der Waals surface area contributed by atoms with Gasteiger partial charge >= 0.3 is 5.97 Å². The van der Waals surface area contributed by atoms with Gasteiger partial charge in [0.05, 0.1) is 36.3 Å². The zero-order valence-electron chi connectivity index (χ0n) is 19.1. The van der Waals surface area contributed by atoms with Crippen molar-refractivity contribution in [2.45, 2.75) is 19.6 Å². The molecule has 0 radical (unpaired) electrons. The standard InChI is InChI=1S/C26H22FN5O3/c1-16(26(33)34-2)35-23-8-4-7-21-24(23)25(29-15-28-21)31-20-9-10-22-18(12-20)13-30-32(22)14-17-5-3-6-19(27)11-17/h3-13,15-16H,14H2,1-2H3,(H,28,29,31)/t16-/m1/s1. The van der Waals surface area contributed by atoms with Gasteiger partial charge < -0.3 is 14.8 Å². The molecule has 2 heterocycles. The smallest absolute Gasteiger partial charge is 0.346 e. The van der Waals surface area contributed by atoms with Crippen LogP contribution in [0.4, 0.5) is 15.9 Å². The Kier molecular flexibility index (Phi) is 5.97. The molecule has 9 heteroatoms. The van der Waals surface area contributed by atoms with E-state index in [1.54, 1.807) is 31.3 Å². The van der Waals surface area contributed by atoms with E-state index in [0.29, 0.717) is 29.0 Å². The van der Waals surface area contributed by atoms with Gasteiger partial charge in [0.1, 0.15) is 23.7 Å². The summed E-state index contributed by atoms with van der Waals surface area (Å²) >= 11 is 0. The number of hydrogen-bond donors (Lipinski definition) is 1. The number of nitrogens with zero attached hydrogens (tertiary/aromatic N) is 4. The molecule has 8 nitrogen and oxygen atoms in total. The summed E-state index contributed by atoms with van der Waals surface area (Å²) in [5.41, 5.74) is 3.21. The Morgan fingerprint density at radius 3 is 2.80 bits per heavy atom. The summed E-state index contributed by atoms with van der Waals surface area (Å²) in [6.45, 7) is 2.08. The molecule has 2 aromatic heterocycles. The molecule has 5 rings (SSSR count). The van der Waals surface area contributed by atoms with Crippen molar-refractivity contribution in [2.24, 2.45) is 0 Å². The van der Waals surface area contributed by atoms with Crippen molar-refractivity contribution < 1.29 is 18.7 Å². The Labute approximate surface area is 200 Å². The Bertz CT molecular complexity index is 1530. The number of esters is 1. The predicted octanol–water partition coefficient (Wildman–Crippen LogP) is 4.85. The summed E-state index contributed by atoms with van der Waals surface area (Å²) in [5.74, 6) is 0.252. The third-order valence-electron chi connectivity index (χ3n) is 5.59. The molecule has 0 aliphatic rings. The van der Waals surface area contributed by atoms with Gasteiger partial charge in [-0.2, -0.15) is 5.10 Å². The quantitative estimate of drug-likeness (QED) is 0.339. The largest absolute Gasteiger partial charge is 0.478 e. The summed E-state index contributed by atoms with van der Waals surface area (Å²) in [6.07, 6.45) is 2.44. The molecule has 0 aliphatic heterocycles. The monoisotopic (exact) mass is 471 g/mol. The molecule has 0 bridgehead atoms. The van der Waals surface area contributed by atoms with Crippen molar-refractivity contribution >= 4 is 39.3 Å². The minimum atomic E-state index is -0.793. The molecule has 0 amide bonds. The van der Waals surface area contributed by atoms with Gasteiger partial charge in [-0.15, -0.1) is 0 Å². The number of benzene rings is 3. The van der Waals surface area contributed by atoms with Crippen LogP contribution in [0.15, 0.2) is 73.2 Å². The Hall–Kier alpha value is -4.53. The normalized spacial score (nSPS) is 12.0. The van der Waals surface area contributed by atoms with Crippen molar-refractivity contribution in [1.82, 2.24) is 19.7 Å². The fourth-order valence-corrected chi connectivity index (χ4v) is 3.91. The van der Waals surface area contributed by atoms with Crippen LogP contribution in [0, 0.1) is 5.82 Å². The van der Waals surface area contributed by atoms with Crippen LogP contribution in [-0.4, -0.2) is 38.9 Å². The number of anilines is 2. The summed E-state index contributed by atoms with van der Waals surface area (Å²) in [6, 6.07) is 17.7. The predicted molar refractivity (Wildman–Crippen MR) is 130 cm³/mol. The highest BCUT2D eigenvalue weighted by atomic mass is 19.1. The number of fused-ring (bicyclic) bond motifs is 2. The summed E-state index contributed by atoms with van der Waals surface area (Å²) in [4.78, 5) is 20.6. The molecule has 0 saturated carbocycles. The zero-order valence-corrected chi connectivity index (χ0v) is 19.1. The van der Waals surface area contributed by atoms with Gasteiger partial charge in [-0.1, -0.05) is 18.2 Å². The van der Waals surface area contributed by atoms with Gasteiger partial charge in [-0.05, 0) is 55.0 Å². The number of methoxy groups -OCH3 is 1. The average molecular weight is 471 g/mol. The Morgan fingerprint density at radius 2 is 1.97 bits per heavy atom. The van der Waals surface area contributed by atoms with E-state index in [1.165, 1.54) is 25.6 Å². The van der Waals surface area contributed by atoms with Gasteiger partial charge in [-0.25, -0.2) is 19.2 Å². The number of rotatable bonds is 7. The van der Waals surface area contributed by atoms with Crippen molar-refractivity contribution in [2.75, 3.05) is 12.4 Å². The molecule has 0 aliphatic carbocycles. The van der Waals surface area contributed by atoms with Crippen LogP contribution in [-0.2, 0) is 16.1 Å². The molecule has 1 N–H and O–H groups in total.